The number of anilines is 3. The first-order chi connectivity index (χ1) is 7.18. The van der Waals surface area contributed by atoms with Gasteiger partial charge in [-0.2, -0.15) is 15.0 Å². The minimum absolute atomic E-state index is 0. The van der Waals surface area contributed by atoms with E-state index in [1.54, 1.807) is 0 Å². The standard InChI is InChI=1S/C3H6N6.CH2O.Ba.H2O4S/c4-1-7-2(5)9-3(6)8-1;1-2;;1-5(2,3)4/h(H6,4,5,6,7,8,9);1H2;;(H2,1,2,3,4)/q;;+2;/p-2. The Kier molecular flexibility index (Phi) is 13.7. The largest absolute Gasteiger partial charge is 2.00 e. The summed E-state index contributed by atoms with van der Waals surface area (Å²) in [5.41, 5.74) is 15.4. The number of hydrogen-bond donors (Lipinski definition) is 3. The third-order valence-electron chi connectivity index (χ3n) is 0.687. The molecule has 0 aliphatic heterocycles. The van der Waals surface area contributed by atoms with Gasteiger partial charge in [-0.3, -0.25) is 8.42 Å². The Balaban J connectivity index is -0.000000213. The zero-order chi connectivity index (χ0) is 13.4. The molecule has 0 bridgehead atoms. The number of aromatic nitrogens is 3. The average molecular weight is 390 g/mol. The Bertz CT molecular complexity index is 368. The van der Waals surface area contributed by atoms with Gasteiger partial charge in [0.25, 0.3) is 0 Å². The van der Waals surface area contributed by atoms with Gasteiger partial charge < -0.3 is 31.1 Å². The average Bonchev–Trinajstić information content (AvgIpc) is 2.01. The monoisotopic (exact) mass is 390 g/mol. The maximum atomic E-state index is 8.52. The smallest absolute Gasteiger partial charge is 0.759 e. The first-order valence-electron chi connectivity index (χ1n) is 3.16. The summed E-state index contributed by atoms with van der Waals surface area (Å²) in [6.45, 7) is 2.00. The molecule has 0 spiro atoms. The molecule has 11 nitrogen and oxygen atoms in total. The van der Waals surface area contributed by atoms with Crippen LogP contribution in [-0.2, 0) is 15.2 Å². The molecule has 0 unspecified atom stereocenters. The van der Waals surface area contributed by atoms with E-state index in [4.69, 9.17) is 39.5 Å². The van der Waals surface area contributed by atoms with E-state index < -0.39 is 10.4 Å². The number of nitrogens with two attached hydrogens (primary N) is 3. The molecular weight excluding hydrogens is 381 g/mol. The molecule has 6 N–H and O–H groups in total. The number of nitrogens with zero attached hydrogens (tertiary/aromatic N) is 3. The Morgan fingerprint density at radius 3 is 1.12 bits per heavy atom. The van der Waals surface area contributed by atoms with Gasteiger partial charge in [0.2, 0.25) is 17.8 Å². The molecule has 0 saturated carbocycles. The van der Waals surface area contributed by atoms with Crippen LogP contribution in [0.2, 0.25) is 0 Å². The Labute approximate surface area is 137 Å². The molecule has 0 atom stereocenters. The first-order valence-corrected chi connectivity index (χ1v) is 4.50. The summed E-state index contributed by atoms with van der Waals surface area (Å²) >= 11 is 0. The summed E-state index contributed by atoms with van der Waals surface area (Å²) in [6.07, 6.45) is 0. The number of nitrogen functional groups attached to an aromatic ring is 3. The SMILES string of the molecule is C=O.Nc1nc(N)nc(N)n1.O=S(=O)([O-])[O-].[Ba+2]. The second kappa shape index (κ2) is 10.7. The molecule has 1 aromatic rings. The van der Waals surface area contributed by atoms with Gasteiger partial charge >= 0.3 is 48.9 Å². The van der Waals surface area contributed by atoms with Crippen LogP contribution in [0.4, 0.5) is 17.8 Å². The van der Waals surface area contributed by atoms with Crippen LogP contribution in [0.5, 0.6) is 0 Å². The normalized spacial score (nSPS) is 8.59. The summed E-state index contributed by atoms with van der Waals surface area (Å²) in [5, 5.41) is 0. The molecule has 0 aliphatic rings. The van der Waals surface area contributed by atoms with Gasteiger partial charge in [-0.15, -0.1) is 0 Å². The van der Waals surface area contributed by atoms with Crippen molar-refractivity contribution < 1.29 is 22.3 Å². The van der Waals surface area contributed by atoms with E-state index in [-0.39, 0.29) is 66.7 Å². The fourth-order valence-electron chi connectivity index (χ4n) is 0.427. The van der Waals surface area contributed by atoms with Crippen molar-refractivity contribution in [3.8, 4) is 0 Å². The van der Waals surface area contributed by atoms with Crippen LogP contribution in [0.3, 0.4) is 0 Å². The van der Waals surface area contributed by atoms with Crippen LogP contribution < -0.4 is 17.2 Å². The van der Waals surface area contributed by atoms with Crippen LogP contribution in [0, 0.1) is 0 Å². The van der Waals surface area contributed by atoms with Crippen LogP contribution >= 0.6 is 0 Å². The molecule has 0 fully saturated rings. The molecule has 17 heavy (non-hydrogen) atoms. The Morgan fingerprint density at radius 2 is 1.00 bits per heavy atom. The van der Waals surface area contributed by atoms with E-state index in [0.717, 1.165) is 0 Å². The van der Waals surface area contributed by atoms with E-state index in [2.05, 4.69) is 15.0 Å². The van der Waals surface area contributed by atoms with Gasteiger partial charge in [0.1, 0.15) is 6.79 Å². The summed E-state index contributed by atoms with van der Waals surface area (Å²) in [5.74, 6) is 0.125. The molecule has 0 saturated heterocycles. The summed E-state index contributed by atoms with van der Waals surface area (Å²) in [7, 11) is -5.17. The summed E-state index contributed by atoms with van der Waals surface area (Å²) in [6, 6.07) is 0. The fraction of sp³-hybridized carbons (Fsp3) is 0. The molecule has 0 aliphatic carbocycles. The molecule has 92 valence electrons. The number of hydrogen-bond acceptors (Lipinski definition) is 11. The van der Waals surface area contributed by atoms with Crippen molar-refractivity contribution >= 4 is 83.9 Å². The van der Waals surface area contributed by atoms with Crippen molar-refractivity contribution in [1.82, 2.24) is 15.0 Å². The number of carbonyl (C=O) groups is 1. The van der Waals surface area contributed by atoms with Crippen molar-refractivity contribution in [3.63, 3.8) is 0 Å². The first kappa shape index (κ1) is 21.8. The van der Waals surface area contributed by atoms with Gasteiger partial charge in [0, 0.05) is 10.4 Å². The van der Waals surface area contributed by atoms with Crippen molar-refractivity contribution in [3.05, 3.63) is 0 Å². The van der Waals surface area contributed by atoms with Crippen molar-refractivity contribution in [1.29, 1.82) is 0 Å². The predicted octanol–water partition coefficient (Wildman–Crippen LogP) is -3.29. The quantitative estimate of drug-likeness (QED) is 0.227. The fourth-order valence-corrected chi connectivity index (χ4v) is 0.427. The predicted molar refractivity (Wildman–Crippen MR) is 56.4 cm³/mol. The minimum atomic E-state index is -5.17. The molecule has 0 amide bonds. The number of carbonyl (C=O) groups excluding carboxylic acids is 1. The molecule has 1 aromatic heterocycles. The van der Waals surface area contributed by atoms with Gasteiger partial charge in [0.05, 0.1) is 0 Å². The third-order valence-corrected chi connectivity index (χ3v) is 0.687. The topological polar surface area (TPSA) is 214 Å². The second-order valence-corrected chi connectivity index (χ2v) is 2.63. The van der Waals surface area contributed by atoms with E-state index >= 15 is 0 Å². The van der Waals surface area contributed by atoms with Crippen LogP contribution in [0.25, 0.3) is 0 Å². The van der Waals surface area contributed by atoms with Crippen molar-refractivity contribution in [2.75, 3.05) is 17.2 Å². The molecule has 0 radical (unpaired) electrons. The Morgan fingerprint density at radius 1 is 0.882 bits per heavy atom. The van der Waals surface area contributed by atoms with Crippen LogP contribution in [-0.4, -0.2) is 88.1 Å². The molecule has 0 aromatic carbocycles. The van der Waals surface area contributed by atoms with Gasteiger partial charge in [-0.1, -0.05) is 0 Å². The van der Waals surface area contributed by atoms with Gasteiger partial charge in [-0.25, -0.2) is 0 Å². The number of rotatable bonds is 0. The summed E-state index contributed by atoms with van der Waals surface area (Å²) < 4.78 is 34.1. The van der Waals surface area contributed by atoms with E-state index in [9.17, 15) is 0 Å². The maximum Gasteiger partial charge on any atom is 2.00 e. The van der Waals surface area contributed by atoms with Crippen molar-refractivity contribution in [2.45, 2.75) is 0 Å². The molecule has 1 rings (SSSR count). The molecule has 1 heterocycles. The van der Waals surface area contributed by atoms with E-state index in [1.165, 1.54) is 0 Å². The zero-order valence-electron chi connectivity index (χ0n) is 8.44. The third kappa shape index (κ3) is 21.4. The molecule has 13 heteroatoms. The molecular formula is C4H8BaN6O5S. The summed E-state index contributed by atoms with van der Waals surface area (Å²) in [4.78, 5) is 18.5. The maximum absolute atomic E-state index is 8.52. The van der Waals surface area contributed by atoms with Crippen molar-refractivity contribution in [2.24, 2.45) is 0 Å². The zero-order valence-corrected chi connectivity index (χ0v) is 13.7. The van der Waals surface area contributed by atoms with Crippen LogP contribution in [0.15, 0.2) is 0 Å². The van der Waals surface area contributed by atoms with E-state index in [1.807, 2.05) is 6.79 Å². The second-order valence-electron chi connectivity index (χ2n) is 1.82. The van der Waals surface area contributed by atoms with Gasteiger partial charge in [0.15, 0.2) is 0 Å². The Hall–Kier alpha value is -0.479. The van der Waals surface area contributed by atoms with Crippen LogP contribution in [0.1, 0.15) is 0 Å². The van der Waals surface area contributed by atoms with Gasteiger partial charge in [-0.05, 0) is 0 Å². The van der Waals surface area contributed by atoms with E-state index in [0.29, 0.717) is 0 Å². The minimum Gasteiger partial charge on any atom is -0.759 e.